The van der Waals surface area contributed by atoms with Gasteiger partial charge < -0.3 is 9.47 Å². The van der Waals surface area contributed by atoms with E-state index >= 15 is 0 Å². The van der Waals surface area contributed by atoms with E-state index < -0.39 is 10.0 Å². The van der Waals surface area contributed by atoms with E-state index in [1.807, 2.05) is 0 Å². The minimum absolute atomic E-state index is 0.202. The van der Waals surface area contributed by atoms with Gasteiger partial charge in [-0.1, -0.05) is 0 Å². The Kier molecular flexibility index (Phi) is 3.77. The first-order valence-corrected chi connectivity index (χ1v) is 7.27. The topological polar surface area (TPSA) is 55.8 Å². The third-order valence-corrected chi connectivity index (χ3v) is 4.86. The maximum absolute atomic E-state index is 12.3. The number of hydrogen-bond acceptors (Lipinski definition) is 4. The minimum atomic E-state index is -3.48. The van der Waals surface area contributed by atoms with Crippen molar-refractivity contribution in [1.82, 2.24) is 4.31 Å². The van der Waals surface area contributed by atoms with Crippen molar-refractivity contribution in [2.45, 2.75) is 17.7 Å². The lowest BCUT2D eigenvalue weighted by molar-refractivity contribution is 0.297. The lowest BCUT2D eigenvalue weighted by Crippen LogP contribution is -2.27. The van der Waals surface area contributed by atoms with Gasteiger partial charge in [0.1, 0.15) is 16.4 Å². The number of ether oxygens (including phenoxy) is 2. The summed E-state index contributed by atoms with van der Waals surface area (Å²) in [6.07, 6.45) is 1.62. The van der Waals surface area contributed by atoms with Crippen molar-refractivity contribution in [1.29, 1.82) is 0 Å². The van der Waals surface area contributed by atoms with Gasteiger partial charge in [-0.3, -0.25) is 0 Å². The zero-order valence-corrected chi connectivity index (χ0v) is 11.4. The third kappa shape index (κ3) is 2.44. The molecule has 0 unspecified atom stereocenters. The number of nitrogens with zero attached hydrogens (tertiary/aromatic N) is 1. The van der Waals surface area contributed by atoms with Gasteiger partial charge in [-0.2, -0.15) is 0 Å². The fourth-order valence-electron chi connectivity index (χ4n) is 1.85. The molecule has 0 aliphatic carbocycles. The maximum Gasteiger partial charge on any atom is 0.246 e. The van der Waals surface area contributed by atoms with Crippen LogP contribution in [-0.2, 0) is 10.0 Å². The summed E-state index contributed by atoms with van der Waals surface area (Å²) in [6.45, 7) is 1.03. The average molecular weight is 271 g/mol. The number of hydrogen-bond donors (Lipinski definition) is 0. The number of methoxy groups -OCH3 is 1. The van der Waals surface area contributed by atoms with Gasteiger partial charge in [0.25, 0.3) is 0 Å². The molecule has 0 N–H and O–H groups in total. The van der Waals surface area contributed by atoms with Crippen LogP contribution in [0.3, 0.4) is 0 Å². The number of benzene rings is 1. The molecule has 6 heteroatoms. The fourth-order valence-corrected chi connectivity index (χ4v) is 3.17. The number of sulfonamides is 1. The van der Waals surface area contributed by atoms with Crippen LogP contribution in [0, 0.1) is 0 Å². The number of fused-ring (bicyclic) bond motifs is 1. The van der Waals surface area contributed by atoms with Crippen LogP contribution >= 0.6 is 0 Å². The van der Waals surface area contributed by atoms with Gasteiger partial charge in [-0.15, -0.1) is 0 Å². The Balaban J connectivity index is 2.53. The van der Waals surface area contributed by atoms with Crippen LogP contribution in [0.1, 0.15) is 12.8 Å². The summed E-state index contributed by atoms with van der Waals surface area (Å²) in [5.41, 5.74) is 0. The van der Waals surface area contributed by atoms with Crippen molar-refractivity contribution in [2.75, 3.05) is 27.3 Å². The Morgan fingerprint density at radius 2 is 2.11 bits per heavy atom. The first-order chi connectivity index (χ1) is 8.55. The van der Waals surface area contributed by atoms with Crippen molar-refractivity contribution in [3.05, 3.63) is 18.2 Å². The van der Waals surface area contributed by atoms with E-state index in [1.54, 1.807) is 19.2 Å². The van der Waals surface area contributed by atoms with E-state index in [1.165, 1.54) is 17.5 Å². The average Bonchev–Trinajstić information content (AvgIpc) is 2.41. The Bertz CT molecular complexity index is 527. The van der Waals surface area contributed by atoms with Crippen molar-refractivity contribution in [3.63, 3.8) is 0 Å². The summed E-state index contributed by atoms with van der Waals surface area (Å²) in [5, 5.41) is 0. The Hall–Kier alpha value is -1.27. The van der Waals surface area contributed by atoms with E-state index in [0.29, 0.717) is 24.7 Å². The zero-order chi connectivity index (χ0) is 13.2. The second-order valence-electron chi connectivity index (χ2n) is 4.19. The predicted molar refractivity (Wildman–Crippen MR) is 67.5 cm³/mol. The van der Waals surface area contributed by atoms with Crippen LogP contribution < -0.4 is 9.47 Å². The van der Waals surface area contributed by atoms with Gasteiger partial charge in [0.15, 0.2) is 0 Å². The summed E-state index contributed by atoms with van der Waals surface area (Å²) in [4.78, 5) is 0.202. The Labute approximate surface area is 107 Å². The molecule has 1 aliphatic heterocycles. The summed E-state index contributed by atoms with van der Waals surface area (Å²) in [7, 11) is -0.345. The van der Waals surface area contributed by atoms with Gasteiger partial charge in [-0.25, -0.2) is 12.7 Å². The van der Waals surface area contributed by atoms with Gasteiger partial charge in [0.05, 0.1) is 13.7 Å². The van der Waals surface area contributed by atoms with Crippen molar-refractivity contribution in [2.24, 2.45) is 0 Å². The highest BCUT2D eigenvalue weighted by molar-refractivity contribution is 7.89. The molecule has 0 radical (unpaired) electrons. The second kappa shape index (κ2) is 5.16. The molecular weight excluding hydrogens is 254 g/mol. The highest BCUT2D eigenvalue weighted by atomic mass is 32.2. The minimum Gasteiger partial charge on any atom is -0.497 e. The lowest BCUT2D eigenvalue weighted by Gasteiger charge is -2.17. The van der Waals surface area contributed by atoms with Crippen LogP contribution in [0.2, 0.25) is 0 Å². The van der Waals surface area contributed by atoms with Crippen LogP contribution in [0.4, 0.5) is 0 Å². The molecule has 1 aromatic rings. The molecule has 1 heterocycles. The fraction of sp³-hybridized carbons (Fsp3) is 0.500. The van der Waals surface area contributed by atoms with Gasteiger partial charge in [0, 0.05) is 19.7 Å². The second-order valence-corrected chi connectivity index (χ2v) is 6.21. The molecule has 0 amide bonds. The largest absolute Gasteiger partial charge is 0.497 e. The molecule has 0 aromatic heterocycles. The van der Waals surface area contributed by atoms with Gasteiger partial charge >= 0.3 is 0 Å². The molecular formula is C12H17NO4S. The van der Waals surface area contributed by atoms with Crippen molar-refractivity contribution < 1.29 is 17.9 Å². The van der Waals surface area contributed by atoms with Crippen LogP contribution in [0.5, 0.6) is 11.5 Å². The zero-order valence-electron chi connectivity index (χ0n) is 10.5. The molecule has 5 nitrogen and oxygen atoms in total. The Morgan fingerprint density at radius 1 is 1.33 bits per heavy atom. The summed E-state index contributed by atoms with van der Waals surface area (Å²) in [6, 6.07) is 4.78. The summed E-state index contributed by atoms with van der Waals surface area (Å²) in [5.74, 6) is 0.953. The van der Waals surface area contributed by atoms with E-state index in [2.05, 4.69) is 0 Å². The van der Waals surface area contributed by atoms with Crippen molar-refractivity contribution in [3.8, 4) is 11.5 Å². The van der Waals surface area contributed by atoms with Gasteiger partial charge in [-0.05, 0) is 25.0 Å². The SMILES string of the molecule is COc1ccc2c(c1)OCCCCN(C)S2(=O)=O. The van der Waals surface area contributed by atoms with E-state index in [-0.39, 0.29) is 4.90 Å². The van der Waals surface area contributed by atoms with E-state index in [9.17, 15) is 8.42 Å². The van der Waals surface area contributed by atoms with E-state index in [4.69, 9.17) is 9.47 Å². The first kappa shape index (κ1) is 13.2. The van der Waals surface area contributed by atoms with Crippen LogP contribution in [0.15, 0.2) is 23.1 Å². The third-order valence-electron chi connectivity index (χ3n) is 2.96. The molecule has 0 atom stereocenters. The standard InChI is InChI=1S/C12H17NO4S/c1-13-7-3-4-8-17-11-9-10(16-2)5-6-12(11)18(13,14)15/h5-6,9H,3-4,7-8H2,1-2H3. The van der Waals surface area contributed by atoms with Crippen molar-refractivity contribution >= 4 is 10.0 Å². The molecule has 2 rings (SSSR count). The molecule has 0 saturated heterocycles. The molecule has 1 aromatic carbocycles. The predicted octanol–water partition coefficient (Wildman–Crippen LogP) is 1.49. The molecule has 18 heavy (non-hydrogen) atoms. The quantitative estimate of drug-likeness (QED) is 0.776. The first-order valence-electron chi connectivity index (χ1n) is 5.83. The highest BCUT2D eigenvalue weighted by Gasteiger charge is 2.26. The molecule has 0 fully saturated rings. The molecule has 0 bridgehead atoms. The Morgan fingerprint density at radius 3 is 2.83 bits per heavy atom. The molecule has 0 spiro atoms. The molecule has 100 valence electrons. The van der Waals surface area contributed by atoms with Crippen LogP contribution in [0.25, 0.3) is 0 Å². The number of rotatable bonds is 1. The monoisotopic (exact) mass is 271 g/mol. The normalized spacial score (nSPS) is 19.9. The summed E-state index contributed by atoms with van der Waals surface area (Å²) < 4.78 is 36.7. The maximum atomic E-state index is 12.3. The summed E-state index contributed by atoms with van der Waals surface area (Å²) >= 11 is 0. The smallest absolute Gasteiger partial charge is 0.246 e. The lowest BCUT2D eigenvalue weighted by atomic mass is 10.3. The van der Waals surface area contributed by atoms with Gasteiger partial charge in [0.2, 0.25) is 10.0 Å². The molecule has 0 saturated carbocycles. The van der Waals surface area contributed by atoms with Crippen LogP contribution in [-0.4, -0.2) is 40.0 Å². The highest BCUT2D eigenvalue weighted by Crippen LogP contribution is 2.31. The molecule has 1 aliphatic rings. The van der Waals surface area contributed by atoms with E-state index in [0.717, 1.165) is 12.8 Å².